The number of nitrogens with zero attached hydrogens (tertiary/aromatic N) is 2. The van der Waals surface area contributed by atoms with Crippen LogP contribution in [0.3, 0.4) is 0 Å². The third-order valence-corrected chi connectivity index (χ3v) is 8.40. The van der Waals surface area contributed by atoms with Crippen LogP contribution in [0.25, 0.3) is 10.9 Å². The quantitative estimate of drug-likeness (QED) is 0.374. The summed E-state index contributed by atoms with van der Waals surface area (Å²) < 4.78 is 10.9. The first kappa shape index (κ1) is 28.1. The molecule has 3 aromatic rings. The summed E-state index contributed by atoms with van der Waals surface area (Å²) in [5, 5.41) is 7.63. The number of hydrogen-bond donors (Lipinski definition) is 3. The van der Waals surface area contributed by atoms with E-state index in [-0.39, 0.29) is 18.7 Å². The van der Waals surface area contributed by atoms with Crippen molar-refractivity contribution in [1.29, 1.82) is 0 Å². The number of H-pyrrole nitrogens is 1. The number of carbonyl (C=O) groups excluding carboxylic acids is 4. The summed E-state index contributed by atoms with van der Waals surface area (Å²) >= 11 is 7.44. The molecule has 1 saturated carbocycles. The molecule has 1 fully saturated rings. The van der Waals surface area contributed by atoms with Gasteiger partial charge in [0.25, 0.3) is 11.8 Å². The summed E-state index contributed by atoms with van der Waals surface area (Å²) in [6, 6.07) is 5.68. The smallest absolute Gasteiger partial charge is 0.303 e. The summed E-state index contributed by atoms with van der Waals surface area (Å²) in [4.78, 5) is 61.2. The molecule has 1 aliphatic heterocycles. The highest BCUT2D eigenvalue weighted by Crippen LogP contribution is 2.28. The Morgan fingerprint density at radius 2 is 1.68 bits per heavy atom. The molecule has 2 aliphatic rings. The molecular weight excluding hydrogens is 558 g/mol. The van der Waals surface area contributed by atoms with Gasteiger partial charge in [-0.25, -0.2) is 4.98 Å². The number of carbonyl (C=O) groups is 4. The topological polar surface area (TPSA) is 143 Å². The molecule has 2 amide bonds. The Morgan fingerprint density at radius 1 is 1.02 bits per heavy atom. The summed E-state index contributed by atoms with van der Waals surface area (Å²) in [5.74, 6) is -1.86. The molecule has 1 aliphatic carbocycles. The molecule has 1 aromatic carbocycles. The number of amides is 2. The molecule has 0 bridgehead atoms. The molecule has 5 rings (SSSR count). The lowest BCUT2D eigenvalue weighted by atomic mass is 9.85. The number of halogens is 1. The number of nitrogens with one attached hydrogen (secondary N) is 3. The van der Waals surface area contributed by atoms with E-state index in [2.05, 4.69) is 25.5 Å². The van der Waals surface area contributed by atoms with Gasteiger partial charge >= 0.3 is 11.9 Å². The maximum Gasteiger partial charge on any atom is 0.303 e. The zero-order valence-corrected chi connectivity index (χ0v) is 23.9. The molecule has 3 heterocycles. The van der Waals surface area contributed by atoms with E-state index in [1.807, 2.05) is 7.05 Å². The van der Waals surface area contributed by atoms with E-state index in [4.69, 9.17) is 21.1 Å². The first-order valence-electron chi connectivity index (χ1n) is 13.0. The van der Waals surface area contributed by atoms with E-state index in [1.165, 1.54) is 25.2 Å². The van der Waals surface area contributed by atoms with Crippen molar-refractivity contribution in [1.82, 2.24) is 25.5 Å². The van der Waals surface area contributed by atoms with Gasteiger partial charge < -0.3 is 30.0 Å². The van der Waals surface area contributed by atoms with Crippen LogP contribution in [-0.2, 0) is 32.0 Å². The second-order valence-electron chi connectivity index (χ2n) is 10.2. The van der Waals surface area contributed by atoms with Gasteiger partial charge in [-0.1, -0.05) is 11.6 Å². The van der Waals surface area contributed by atoms with E-state index in [0.717, 1.165) is 41.0 Å². The molecule has 3 N–H and O–H groups in total. The van der Waals surface area contributed by atoms with Gasteiger partial charge in [0.05, 0.1) is 17.8 Å². The molecular formula is C27H30ClN5O6S. The van der Waals surface area contributed by atoms with Crippen LogP contribution in [0, 0.1) is 0 Å². The van der Waals surface area contributed by atoms with Crippen molar-refractivity contribution in [3.63, 3.8) is 0 Å². The third-order valence-electron chi connectivity index (χ3n) is 7.08. The summed E-state index contributed by atoms with van der Waals surface area (Å²) in [5.41, 5.74) is 1.98. The minimum Gasteiger partial charge on any atom is -0.459 e. The van der Waals surface area contributed by atoms with Gasteiger partial charge in [0.1, 0.15) is 17.9 Å². The standard InChI is InChI=1S/C27H30ClN5O6S/c1-13(34)38-22-10-19(30-25(36)21-9-15-8-16(28)4-5-17(15)29-21)20(11-23(22)39-14(2)35)31-26(37)27-32-18-6-7-33(3)12-24(18)40-27/h4-5,8-9,19-20,22-23,29H,6-7,10-12H2,1-3H3,(H,30,36)(H,31,37)/t19-,20+,22-,23+/m1/s1. The predicted octanol–water partition coefficient (Wildman–Crippen LogP) is 2.82. The normalized spacial score (nSPS) is 22.8. The Morgan fingerprint density at radius 3 is 2.33 bits per heavy atom. The summed E-state index contributed by atoms with van der Waals surface area (Å²) in [7, 11) is 2.02. The highest BCUT2D eigenvalue weighted by atomic mass is 35.5. The zero-order valence-electron chi connectivity index (χ0n) is 22.3. The van der Waals surface area contributed by atoms with E-state index in [0.29, 0.717) is 15.7 Å². The lowest BCUT2D eigenvalue weighted by Gasteiger charge is -2.40. The van der Waals surface area contributed by atoms with Gasteiger partial charge in [-0.3, -0.25) is 19.2 Å². The molecule has 0 spiro atoms. The minimum atomic E-state index is -0.802. The highest BCUT2D eigenvalue weighted by Gasteiger charge is 2.42. The van der Waals surface area contributed by atoms with Crippen LogP contribution in [0.2, 0.25) is 5.02 Å². The average Bonchev–Trinajstić information content (AvgIpc) is 3.49. The number of aromatic nitrogens is 2. The number of rotatable bonds is 6. The Balaban J connectivity index is 1.39. The Hall–Kier alpha value is -3.48. The molecule has 4 atom stereocenters. The van der Waals surface area contributed by atoms with Crippen molar-refractivity contribution in [3.8, 4) is 0 Å². The van der Waals surface area contributed by atoms with Gasteiger partial charge in [-0.2, -0.15) is 0 Å². The lowest BCUT2D eigenvalue weighted by molar-refractivity contribution is -0.170. The van der Waals surface area contributed by atoms with Crippen molar-refractivity contribution in [2.24, 2.45) is 0 Å². The minimum absolute atomic E-state index is 0.124. The highest BCUT2D eigenvalue weighted by molar-refractivity contribution is 7.13. The molecule has 11 nitrogen and oxygen atoms in total. The van der Waals surface area contributed by atoms with Gasteiger partial charge in [0, 0.05) is 67.0 Å². The summed E-state index contributed by atoms with van der Waals surface area (Å²) in [6.07, 6.45) is -0.576. The lowest BCUT2D eigenvalue weighted by Crippen LogP contribution is -2.60. The Kier molecular flexibility index (Phi) is 8.11. The zero-order chi connectivity index (χ0) is 28.6. The SMILES string of the molecule is CC(=O)O[C@H]1C[C@H](NC(=O)c2nc3c(s2)CN(C)CC3)[C@H](NC(=O)c2cc3cc(Cl)ccc3[nH]2)C[C@H]1OC(C)=O. The van der Waals surface area contributed by atoms with E-state index < -0.39 is 42.1 Å². The van der Waals surface area contributed by atoms with Gasteiger partial charge in [0.2, 0.25) is 0 Å². The number of benzene rings is 1. The van der Waals surface area contributed by atoms with Crippen LogP contribution in [0.4, 0.5) is 0 Å². The predicted molar refractivity (Wildman–Crippen MR) is 148 cm³/mol. The van der Waals surface area contributed by atoms with Crippen LogP contribution in [0.1, 0.15) is 57.6 Å². The fraction of sp³-hybridized carbons (Fsp3) is 0.444. The monoisotopic (exact) mass is 587 g/mol. The second kappa shape index (κ2) is 11.6. The first-order valence-corrected chi connectivity index (χ1v) is 14.2. The molecule has 0 radical (unpaired) electrons. The van der Waals surface area contributed by atoms with Crippen molar-refractivity contribution in [2.45, 2.75) is 63.9 Å². The van der Waals surface area contributed by atoms with Crippen LogP contribution >= 0.6 is 22.9 Å². The molecule has 40 heavy (non-hydrogen) atoms. The number of aromatic amines is 1. The van der Waals surface area contributed by atoms with Crippen LogP contribution in [-0.4, -0.2) is 76.5 Å². The maximum absolute atomic E-state index is 13.3. The first-order chi connectivity index (χ1) is 19.0. The number of thiazole rings is 1. The number of hydrogen-bond acceptors (Lipinski definition) is 9. The van der Waals surface area contributed by atoms with Crippen molar-refractivity contribution in [2.75, 3.05) is 13.6 Å². The molecule has 13 heteroatoms. The molecule has 0 saturated heterocycles. The van der Waals surface area contributed by atoms with E-state index in [9.17, 15) is 19.2 Å². The van der Waals surface area contributed by atoms with Crippen LogP contribution in [0.15, 0.2) is 24.3 Å². The maximum atomic E-state index is 13.3. The molecule has 212 valence electrons. The molecule has 2 aromatic heterocycles. The van der Waals surface area contributed by atoms with Crippen LogP contribution in [0.5, 0.6) is 0 Å². The Labute approximate surface area is 239 Å². The van der Waals surface area contributed by atoms with Crippen molar-refractivity contribution < 1.29 is 28.7 Å². The number of esters is 2. The number of likely N-dealkylation sites (N-methyl/N-ethyl adjacent to an activating group) is 1. The molecule has 0 unspecified atom stereocenters. The van der Waals surface area contributed by atoms with Crippen molar-refractivity contribution >= 4 is 57.6 Å². The summed E-state index contributed by atoms with van der Waals surface area (Å²) in [6.45, 7) is 4.14. The largest absolute Gasteiger partial charge is 0.459 e. The number of fused-ring (bicyclic) bond motifs is 2. The average molecular weight is 588 g/mol. The third kappa shape index (κ3) is 6.29. The van der Waals surface area contributed by atoms with Gasteiger partial charge in [0.15, 0.2) is 5.01 Å². The Bertz CT molecular complexity index is 1470. The fourth-order valence-corrected chi connectivity index (χ4v) is 6.52. The van der Waals surface area contributed by atoms with Crippen molar-refractivity contribution in [3.05, 3.63) is 50.6 Å². The van der Waals surface area contributed by atoms with Crippen LogP contribution < -0.4 is 10.6 Å². The number of ether oxygens (including phenoxy) is 2. The van der Waals surface area contributed by atoms with Gasteiger partial charge in [-0.15, -0.1) is 11.3 Å². The fourth-order valence-electron chi connectivity index (χ4n) is 5.25. The second-order valence-corrected chi connectivity index (χ2v) is 11.7. The van der Waals surface area contributed by atoms with Gasteiger partial charge in [-0.05, 0) is 31.3 Å². The van der Waals surface area contributed by atoms with E-state index >= 15 is 0 Å². The van der Waals surface area contributed by atoms with E-state index in [1.54, 1.807) is 24.3 Å².